The average molecular weight is 756 g/mol. The lowest BCUT2D eigenvalue weighted by Crippen LogP contribution is -2.70. The lowest BCUT2D eigenvalue weighted by Gasteiger charge is -2.47. The van der Waals surface area contributed by atoms with E-state index in [2.05, 4.69) is 22.2 Å². The van der Waals surface area contributed by atoms with Gasteiger partial charge in [0.1, 0.15) is 35.6 Å². The number of nitrogens with one attached hydrogen (secondary N) is 3. The lowest BCUT2D eigenvalue weighted by molar-refractivity contribution is -0.145. The molecule has 3 aliphatic carbocycles. The molecule has 1 saturated heterocycles. The number of hydrogen-bond acceptors (Lipinski definition) is 11. The second-order valence-electron chi connectivity index (χ2n) is 15.5. The van der Waals surface area contributed by atoms with Crippen LogP contribution >= 0.6 is 0 Å². The van der Waals surface area contributed by atoms with E-state index in [1.165, 1.54) is 11.0 Å². The molecule has 5 atom stereocenters. The SMILES string of the molecule is C=CC1CC[C@]1(NC(=O)[C@@H]1C[C@@H](Oc2nccc3cc(OC)ccc23)CN1C(=O)[C@@H](NC(=O)OC1CCCC1)C(C)(C)C)C(=O)NS(=O)(=O)OC1CC1. The number of benzene rings is 1. The molecule has 1 aliphatic heterocycles. The van der Waals surface area contributed by atoms with Crippen molar-refractivity contribution in [2.24, 2.45) is 11.3 Å². The van der Waals surface area contributed by atoms with Crippen molar-refractivity contribution in [1.29, 1.82) is 0 Å². The number of ether oxygens (including phenoxy) is 3. The van der Waals surface area contributed by atoms with Crippen molar-refractivity contribution in [2.75, 3.05) is 13.7 Å². The van der Waals surface area contributed by atoms with E-state index in [-0.39, 0.29) is 31.4 Å². The average Bonchev–Trinajstić information content (AvgIpc) is 3.54. The highest BCUT2D eigenvalue weighted by Gasteiger charge is 2.56. The van der Waals surface area contributed by atoms with Gasteiger partial charge in [0.2, 0.25) is 17.7 Å². The summed E-state index contributed by atoms with van der Waals surface area (Å²) in [7, 11) is -2.87. The molecule has 288 valence electrons. The first-order valence-electron chi connectivity index (χ1n) is 18.2. The molecule has 0 bridgehead atoms. The Morgan fingerprint density at radius 2 is 1.77 bits per heavy atom. The van der Waals surface area contributed by atoms with Crippen molar-refractivity contribution in [3.05, 3.63) is 43.1 Å². The third-order valence-electron chi connectivity index (χ3n) is 10.5. The van der Waals surface area contributed by atoms with Gasteiger partial charge in [-0.3, -0.25) is 18.6 Å². The van der Waals surface area contributed by atoms with Crippen LogP contribution < -0.4 is 24.8 Å². The summed E-state index contributed by atoms with van der Waals surface area (Å²) in [6.07, 6.45) is 6.05. The highest BCUT2D eigenvalue weighted by Crippen LogP contribution is 2.41. The lowest BCUT2D eigenvalue weighted by atomic mass is 9.66. The maximum Gasteiger partial charge on any atom is 0.408 e. The van der Waals surface area contributed by atoms with Crippen molar-refractivity contribution in [1.82, 2.24) is 25.2 Å². The maximum absolute atomic E-state index is 14.6. The molecule has 15 nitrogen and oxygen atoms in total. The van der Waals surface area contributed by atoms with Crippen LogP contribution in [0.25, 0.3) is 10.8 Å². The number of aromatic nitrogens is 1. The van der Waals surface area contributed by atoms with Crippen LogP contribution in [-0.4, -0.2) is 91.7 Å². The standard InChI is InChI=1S/C37H49N5O10S/c1-6-23-15-17-37(23,34(45)41-53(47,48)52-25-11-12-25)40-31(43)29-20-27(50-32-28-14-13-26(49-5)19-22(28)16-18-38-32)21-42(29)33(44)30(36(2,3)4)39-35(46)51-24-9-7-8-10-24/h6,13-14,16,18-19,23-25,27,29-30H,1,7-12,15,17,20-21H2,2-5H3,(H,39,46)(H,40,43)(H,41,45)/t23?,27-,29+,30-,37-/m1/s1. The van der Waals surface area contributed by atoms with Gasteiger partial charge >= 0.3 is 16.4 Å². The quantitative estimate of drug-likeness (QED) is 0.253. The molecule has 3 N–H and O–H groups in total. The predicted molar refractivity (Wildman–Crippen MR) is 193 cm³/mol. The second-order valence-corrected chi connectivity index (χ2v) is 16.8. The van der Waals surface area contributed by atoms with E-state index in [0.29, 0.717) is 30.4 Å². The highest BCUT2D eigenvalue weighted by molar-refractivity contribution is 7.85. The van der Waals surface area contributed by atoms with Gasteiger partial charge in [-0.15, -0.1) is 6.58 Å². The molecule has 53 heavy (non-hydrogen) atoms. The molecule has 4 fully saturated rings. The normalized spacial score (nSPS) is 25.2. The fourth-order valence-corrected chi connectivity index (χ4v) is 8.30. The van der Waals surface area contributed by atoms with Crippen molar-refractivity contribution < 1.29 is 46.0 Å². The van der Waals surface area contributed by atoms with Gasteiger partial charge in [0.05, 0.1) is 19.8 Å². The zero-order chi connectivity index (χ0) is 38.1. The third-order valence-corrected chi connectivity index (χ3v) is 11.5. The molecule has 4 amide bonds. The summed E-state index contributed by atoms with van der Waals surface area (Å²) in [5.41, 5.74) is -2.46. The summed E-state index contributed by atoms with van der Waals surface area (Å²) < 4.78 is 49.7. The fourth-order valence-electron chi connectivity index (χ4n) is 7.29. The molecule has 1 unspecified atom stereocenters. The molecule has 2 aromatic rings. The number of amides is 4. The van der Waals surface area contributed by atoms with E-state index in [1.54, 1.807) is 40.1 Å². The molecule has 1 aromatic carbocycles. The largest absolute Gasteiger partial charge is 0.497 e. The molecule has 6 rings (SSSR count). The predicted octanol–water partition coefficient (Wildman–Crippen LogP) is 3.67. The van der Waals surface area contributed by atoms with Gasteiger partial charge in [-0.25, -0.2) is 14.5 Å². The molecule has 1 aromatic heterocycles. The van der Waals surface area contributed by atoms with Crippen molar-refractivity contribution in [2.45, 2.75) is 114 Å². The fraction of sp³-hybridized carbons (Fsp3) is 0.595. The van der Waals surface area contributed by atoms with E-state index >= 15 is 0 Å². The number of carbonyl (C=O) groups excluding carboxylic acids is 4. The van der Waals surface area contributed by atoms with Gasteiger partial charge < -0.3 is 29.7 Å². The Morgan fingerprint density at radius 3 is 2.40 bits per heavy atom. The zero-order valence-corrected chi connectivity index (χ0v) is 31.4. The Morgan fingerprint density at radius 1 is 1.04 bits per heavy atom. The van der Waals surface area contributed by atoms with Crippen LogP contribution in [0, 0.1) is 11.3 Å². The van der Waals surface area contributed by atoms with Gasteiger partial charge in [-0.05, 0) is 86.4 Å². The minimum atomic E-state index is -4.44. The highest BCUT2D eigenvalue weighted by atomic mass is 32.2. The van der Waals surface area contributed by atoms with Gasteiger partial charge in [0, 0.05) is 23.9 Å². The summed E-state index contributed by atoms with van der Waals surface area (Å²) >= 11 is 0. The van der Waals surface area contributed by atoms with Crippen LogP contribution in [0.1, 0.15) is 78.6 Å². The summed E-state index contributed by atoms with van der Waals surface area (Å²) in [5, 5.41) is 7.07. The number of fused-ring (bicyclic) bond motifs is 1. The van der Waals surface area contributed by atoms with Crippen molar-refractivity contribution in [3.63, 3.8) is 0 Å². The van der Waals surface area contributed by atoms with E-state index in [9.17, 15) is 27.6 Å². The first-order chi connectivity index (χ1) is 25.1. The van der Waals surface area contributed by atoms with Gasteiger partial charge in [-0.2, -0.15) is 8.42 Å². The summed E-state index contributed by atoms with van der Waals surface area (Å²) in [6.45, 7) is 9.15. The number of nitrogens with zero attached hydrogens (tertiary/aromatic N) is 2. The zero-order valence-electron chi connectivity index (χ0n) is 30.6. The number of carbonyl (C=O) groups is 4. The Hall–Kier alpha value is -4.44. The molecule has 0 spiro atoms. The third kappa shape index (κ3) is 8.53. The van der Waals surface area contributed by atoms with Crippen molar-refractivity contribution in [3.8, 4) is 11.6 Å². The smallest absolute Gasteiger partial charge is 0.408 e. The molecule has 4 aliphatic rings. The minimum absolute atomic E-state index is 0.00865. The first-order valence-corrected chi connectivity index (χ1v) is 19.6. The van der Waals surface area contributed by atoms with Gasteiger partial charge in [0.15, 0.2) is 0 Å². The number of likely N-dealkylation sites (tertiary alicyclic amines) is 1. The molecular weight excluding hydrogens is 706 g/mol. The number of pyridine rings is 1. The van der Waals surface area contributed by atoms with Crippen LogP contribution in [-0.2, 0) is 33.6 Å². The van der Waals surface area contributed by atoms with E-state index in [4.69, 9.17) is 18.4 Å². The number of hydrogen-bond donors (Lipinski definition) is 3. The minimum Gasteiger partial charge on any atom is -0.497 e. The monoisotopic (exact) mass is 755 g/mol. The Kier molecular flexibility index (Phi) is 10.9. The van der Waals surface area contributed by atoms with Crippen LogP contribution in [0.3, 0.4) is 0 Å². The summed E-state index contributed by atoms with van der Waals surface area (Å²) in [4.78, 5) is 61.5. The van der Waals surface area contributed by atoms with Crippen LogP contribution in [0.15, 0.2) is 43.1 Å². The van der Waals surface area contributed by atoms with Gasteiger partial charge in [-0.1, -0.05) is 26.8 Å². The summed E-state index contributed by atoms with van der Waals surface area (Å²) in [6, 6.07) is 4.96. The Bertz CT molecular complexity index is 1860. The maximum atomic E-state index is 14.6. The van der Waals surface area contributed by atoms with Crippen molar-refractivity contribution >= 4 is 44.9 Å². The van der Waals surface area contributed by atoms with Crippen LogP contribution in [0.2, 0.25) is 0 Å². The van der Waals surface area contributed by atoms with Gasteiger partial charge in [0.25, 0.3) is 5.91 Å². The van der Waals surface area contributed by atoms with E-state index < -0.39 is 75.3 Å². The van der Waals surface area contributed by atoms with E-state index in [1.807, 2.05) is 22.9 Å². The first kappa shape index (κ1) is 38.3. The number of rotatable bonds is 13. The van der Waals surface area contributed by atoms with Crippen LogP contribution in [0.4, 0.5) is 4.79 Å². The molecular formula is C37H49N5O10S. The molecule has 16 heteroatoms. The number of alkyl carbamates (subject to hydrolysis) is 1. The summed E-state index contributed by atoms with van der Waals surface area (Å²) in [5.74, 6) is -1.84. The Balaban J connectivity index is 1.28. The topological polar surface area (TPSA) is 192 Å². The molecule has 0 radical (unpaired) electrons. The van der Waals surface area contributed by atoms with E-state index in [0.717, 1.165) is 31.1 Å². The molecule has 3 saturated carbocycles. The molecule has 2 heterocycles. The Labute approximate surface area is 309 Å². The van der Waals surface area contributed by atoms with Crippen LogP contribution in [0.5, 0.6) is 11.6 Å². The number of methoxy groups -OCH3 is 1. The second kappa shape index (κ2) is 15.1.